The van der Waals surface area contributed by atoms with Gasteiger partial charge < -0.3 is 24.6 Å². The van der Waals surface area contributed by atoms with E-state index >= 15 is 0 Å². The summed E-state index contributed by atoms with van der Waals surface area (Å²) in [5.74, 6) is 0. The quantitative estimate of drug-likeness (QED) is 0.451. The monoisotopic (exact) mass is 305 g/mol. The van der Waals surface area contributed by atoms with Crippen LogP contribution in [0.4, 0.5) is 0 Å². The number of nitrogens with zero attached hydrogens (tertiary/aromatic N) is 1. The lowest BCUT2D eigenvalue weighted by Crippen LogP contribution is -2.31. The van der Waals surface area contributed by atoms with Gasteiger partial charge in [0.25, 0.3) is 0 Å². The molecule has 0 aliphatic carbocycles. The van der Waals surface area contributed by atoms with Crippen molar-refractivity contribution in [1.29, 1.82) is 0 Å². The van der Waals surface area contributed by atoms with Gasteiger partial charge in [-0.3, -0.25) is 0 Å². The maximum Gasteiger partial charge on any atom is 0.0697 e. The summed E-state index contributed by atoms with van der Waals surface area (Å²) in [7, 11) is 0. The van der Waals surface area contributed by atoms with Crippen molar-refractivity contribution >= 4 is 0 Å². The van der Waals surface area contributed by atoms with Crippen molar-refractivity contribution in [3.05, 3.63) is 0 Å². The Balaban J connectivity index is 3.71. The van der Waals surface area contributed by atoms with E-state index in [0.29, 0.717) is 32.7 Å². The summed E-state index contributed by atoms with van der Waals surface area (Å²) in [6, 6.07) is 0. The molecule has 0 aliphatic rings. The Morgan fingerprint density at radius 2 is 1.57 bits per heavy atom. The number of aliphatic hydroxyl groups is 2. The van der Waals surface area contributed by atoms with Crippen molar-refractivity contribution in [3.63, 3.8) is 0 Å². The van der Waals surface area contributed by atoms with Crippen LogP contribution < -0.4 is 0 Å². The number of hydrogen-bond acceptors (Lipinski definition) is 5. The highest BCUT2D eigenvalue weighted by Gasteiger charge is 2.23. The maximum absolute atomic E-state index is 10.5. The van der Waals surface area contributed by atoms with Gasteiger partial charge in [-0.05, 0) is 38.8 Å². The molecule has 0 aliphatic heterocycles. The molecule has 1 unspecified atom stereocenters. The van der Waals surface area contributed by atoms with Crippen molar-refractivity contribution in [1.82, 2.24) is 4.90 Å². The van der Waals surface area contributed by atoms with Gasteiger partial charge in [-0.2, -0.15) is 0 Å². The predicted molar refractivity (Wildman–Crippen MR) is 85.6 cm³/mol. The Labute approximate surface area is 130 Å². The summed E-state index contributed by atoms with van der Waals surface area (Å²) in [5, 5.41) is 19.1. The molecule has 0 fully saturated rings. The third kappa shape index (κ3) is 11.1. The second kappa shape index (κ2) is 13.5. The van der Waals surface area contributed by atoms with E-state index in [1.54, 1.807) is 0 Å². The van der Waals surface area contributed by atoms with Gasteiger partial charge in [0.2, 0.25) is 0 Å². The molecule has 21 heavy (non-hydrogen) atoms. The normalized spacial score (nSPS) is 14.6. The zero-order valence-corrected chi connectivity index (χ0v) is 14.1. The van der Waals surface area contributed by atoms with E-state index < -0.39 is 5.60 Å². The topological polar surface area (TPSA) is 62.2 Å². The molecule has 0 spiro atoms. The number of rotatable bonds is 15. The fourth-order valence-electron chi connectivity index (χ4n) is 2.25. The summed E-state index contributed by atoms with van der Waals surface area (Å²) >= 11 is 0. The first-order chi connectivity index (χ1) is 10.1. The van der Waals surface area contributed by atoms with Crippen LogP contribution in [0.1, 0.15) is 46.5 Å². The lowest BCUT2D eigenvalue weighted by atomic mass is 9.91. The van der Waals surface area contributed by atoms with E-state index in [4.69, 9.17) is 14.6 Å². The van der Waals surface area contributed by atoms with Crippen LogP contribution >= 0.6 is 0 Å². The lowest BCUT2D eigenvalue weighted by Gasteiger charge is -2.27. The number of hydrogen-bond donors (Lipinski definition) is 2. The van der Waals surface area contributed by atoms with Gasteiger partial charge in [-0.15, -0.1) is 0 Å². The number of ether oxygens (including phenoxy) is 2. The lowest BCUT2D eigenvalue weighted by molar-refractivity contribution is -0.0196. The third-order valence-corrected chi connectivity index (χ3v) is 3.98. The van der Waals surface area contributed by atoms with Gasteiger partial charge in [0, 0.05) is 19.8 Å². The Hall–Kier alpha value is -0.200. The molecular weight excluding hydrogens is 270 g/mol. The molecule has 0 amide bonds. The first-order valence-corrected chi connectivity index (χ1v) is 8.33. The molecule has 0 aromatic rings. The van der Waals surface area contributed by atoms with Gasteiger partial charge in [0.1, 0.15) is 0 Å². The second-order valence-corrected chi connectivity index (χ2v) is 5.41. The number of likely N-dealkylation sites (N-methyl/N-ethyl adjacent to an activating group) is 1. The first-order valence-electron chi connectivity index (χ1n) is 8.33. The fraction of sp³-hybridized carbons (Fsp3) is 1.00. The van der Waals surface area contributed by atoms with Gasteiger partial charge in [-0.1, -0.05) is 20.8 Å². The molecule has 5 heteroatoms. The van der Waals surface area contributed by atoms with Crippen LogP contribution in [0.25, 0.3) is 0 Å². The van der Waals surface area contributed by atoms with E-state index in [1.165, 1.54) is 0 Å². The van der Waals surface area contributed by atoms with Gasteiger partial charge in [0.05, 0.1) is 25.4 Å². The van der Waals surface area contributed by atoms with Crippen LogP contribution in [0.5, 0.6) is 0 Å². The minimum atomic E-state index is -0.655. The van der Waals surface area contributed by atoms with Crippen LogP contribution in [0.15, 0.2) is 0 Å². The zero-order valence-electron chi connectivity index (χ0n) is 14.1. The smallest absolute Gasteiger partial charge is 0.0697 e. The SMILES string of the molecule is CCN(CC)CCOCCC(O)(CC)CCCOCCO. The highest BCUT2D eigenvalue weighted by molar-refractivity contribution is 4.76. The largest absolute Gasteiger partial charge is 0.394 e. The first kappa shape index (κ1) is 20.8. The predicted octanol–water partition coefficient (Wildman–Crippen LogP) is 1.67. The average Bonchev–Trinajstić information content (AvgIpc) is 2.51. The molecule has 0 saturated carbocycles. The van der Waals surface area contributed by atoms with Crippen molar-refractivity contribution in [2.45, 2.75) is 52.1 Å². The fourth-order valence-corrected chi connectivity index (χ4v) is 2.25. The van der Waals surface area contributed by atoms with Crippen LogP contribution in [0, 0.1) is 0 Å². The van der Waals surface area contributed by atoms with Crippen molar-refractivity contribution in [2.24, 2.45) is 0 Å². The van der Waals surface area contributed by atoms with Gasteiger partial charge >= 0.3 is 0 Å². The van der Waals surface area contributed by atoms with Gasteiger partial charge in [-0.25, -0.2) is 0 Å². The molecule has 0 rings (SSSR count). The molecular formula is C16H35NO4. The molecule has 0 saturated heterocycles. The van der Waals surface area contributed by atoms with Crippen LogP contribution in [-0.2, 0) is 9.47 Å². The molecule has 128 valence electrons. The summed E-state index contributed by atoms with van der Waals surface area (Å²) in [6.07, 6.45) is 2.92. The highest BCUT2D eigenvalue weighted by atomic mass is 16.5. The summed E-state index contributed by atoms with van der Waals surface area (Å²) in [5.41, 5.74) is -0.655. The molecule has 0 heterocycles. The Bertz CT molecular complexity index is 224. The molecule has 0 aromatic carbocycles. The molecule has 0 bridgehead atoms. The average molecular weight is 305 g/mol. The van der Waals surface area contributed by atoms with E-state index in [1.807, 2.05) is 6.92 Å². The number of aliphatic hydroxyl groups excluding tert-OH is 1. The van der Waals surface area contributed by atoms with Crippen molar-refractivity contribution in [2.75, 3.05) is 52.7 Å². The van der Waals surface area contributed by atoms with E-state index in [9.17, 15) is 5.11 Å². The standard InChI is InChI=1S/C16H35NO4/c1-4-16(19,8-7-12-20-15-11-18)9-13-21-14-10-17(5-2)6-3/h18-19H,4-15H2,1-3H3. The summed E-state index contributed by atoms with van der Waals surface area (Å²) in [6.45, 7) is 11.7. The maximum atomic E-state index is 10.5. The van der Waals surface area contributed by atoms with E-state index in [2.05, 4.69) is 18.7 Å². The Morgan fingerprint density at radius 1 is 0.905 bits per heavy atom. The molecule has 0 radical (unpaired) electrons. The molecule has 5 nitrogen and oxygen atoms in total. The summed E-state index contributed by atoms with van der Waals surface area (Å²) < 4.78 is 10.9. The minimum absolute atomic E-state index is 0.0540. The third-order valence-electron chi connectivity index (χ3n) is 3.98. The molecule has 0 aromatic heterocycles. The van der Waals surface area contributed by atoms with E-state index in [-0.39, 0.29) is 6.61 Å². The Morgan fingerprint density at radius 3 is 2.14 bits per heavy atom. The van der Waals surface area contributed by atoms with Crippen molar-refractivity contribution in [3.8, 4) is 0 Å². The van der Waals surface area contributed by atoms with Gasteiger partial charge in [0.15, 0.2) is 0 Å². The van der Waals surface area contributed by atoms with Crippen LogP contribution in [-0.4, -0.2) is 73.4 Å². The van der Waals surface area contributed by atoms with Crippen LogP contribution in [0.2, 0.25) is 0 Å². The van der Waals surface area contributed by atoms with E-state index in [0.717, 1.165) is 39.1 Å². The van der Waals surface area contributed by atoms with Crippen molar-refractivity contribution < 1.29 is 19.7 Å². The highest BCUT2D eigenvalue weighted by Crippen LogP contribution is 2.21. The van der Waals surface area contributed by atoms with Crippen LogP contribution in [0.3, 0.4) is 0 Å². The second-order valence-electron chi connectivity index (χ2n) is 5.41. The minimum Gasteiger partial charge on any atom is -0.394 e. The Kier molecular flexibility index (Phi) is 13.3. The zero-order chi connectivity index (χ0) is 16.0. The molecule has 2 N–H and O–H groups in total. The molecule has 1 atom stereocenters. The summed E-state index contributed by atoms with van der Waals surface area (Å²) in [4.78, 5) is 2.32.